The fourth-order valence-corrected chi connectivity index (χ4v) is 3.03. The molecule has 0 aromatic heterocycles. The number of benzene rings is 1. The summed E-state index contributed by atoms with van der Waals surface area (Å²) >= 11 is 0. The van der Waals surface area contributed by atoms with Crippen molar-refractivity contribution in [3.05, 3.63) is 23.3 Å². The standard InChI is InChI=1S/C17H23BN2O10/c21-13(22)5-19-11(16(24)25)8-20-6-10(7-20)30-12-2-1-9(3-4-18(28)29)15(23)14(12)17(26)27/h1-2,10-11,19,23,28-29H,3-8H2,(H,21,22)(H,24,25)(H,26,27). The Morgan fingerprint density at radius 1 is 1.20 bits per heavy atom. The van der Waals surface area contributed by atoms with Crippen LogP contribution in [0.4, 0.5) is 0 Å². The van der Waals surface area contributed by atoms with Gasteiger partial charge < -0.3 is 35.2 Å². The molecule has 1 aromatic carbocycles. The average molecular weight is 426 g/mol. The number of nitrogens with zero attached hydrogens (tertiary/aromatic N) is 1. The van der Waals surface area contributed by atoms with Crippen molar-refractivity contribution in [2.45, 2.75) is 24.9 Å². The third-order valence-electron chi connectivity index (χ3n) is 4.56. The summed E-state index contributed by atoms with van der Waals surface area (Å²) in [5.74, 6) is -4.35. The number of carboxylic acid groups (broad SMARTS) is 3. The number of aliphatic carboxylic acids is 2. The maximum atomic E-state index is 11.6. The van der Waals surface area contributed by atoms with Crippen molar-refractivity contribution in [3.8, 4) is 11.5 Å². The number of nitrogens with one attached hydrogen (secondary N) is 1. The van der Waals surface area contributed by atoms with Gasteiger partial charge in [-0.3, -0.25) is 19.8 Å². The second-order valence-electron chi connectivity index (χ2n) is 6.89. The van der Waals surface area contributed by atoms with Crippen LogP contribution < -0.4 is 10.1 Å². The number of phenols is 1. The molecule has 1 unspecified atom stereocenters. The van der Waals surface area contributed by atoms with E-state index in [2.05, 4.69) is 5.32 Å². The van der Waals surface area contributed by atoms with Crippen LogP contribution in [0.3, 0.4) is 0 Å². The van der Waals surface area contributed by atoms with Crippen molar-refractivity contribution < 1.29 is 49.6 Å². The third-order valence-corrected chi connectivity index (χ3v) is 4.56. The van der Waals surface area contributed by atoms with Gasteiger partial charge in [0.2, 0.25) is 0 Å². The van der Waals surface area contributed by atoms with Gasteiger partial charge in [0.05, 0.1) is 6.54 Å². The van der Waals surface area contributed by atoms with E-state index in [1.165, 1.54) is 12.1 Å². The summed E-state index contributed by atoms with van der Waals surface area (Å²) < 4.78 is 5.63. The predicted octanol–water partition coefficient (Wildman–Crippen LogP) is -1.70. The second kappa shape index (κ2) is 10.3. The molecule has 0 amide bonds. The number of rotatable bonds is 12. The molecular weight excluding hydrogens is 403 g/mol. The van der Waals surface area contributed by atoms with E-state index >= 15 is 0 Å². The van der Waals surface area contributed by atoms with Crippen LogP contribution in [0.25, 0.3) is 0 Å². The fourth-order valence-electron chi connectivity index (χ4n) is 3.03. The number of hydrogen-bond donors (Lipinski definition) is 7. The normalized spacial score (nSPS) is 15.3. The van der Waals surface area contributed by atoms with Gasteiger partial charge in [-0.1, -0.05) is 6.07 Å². The van der Waals surface area contributed by atoms with Gasteiger partial charge in [-0.2, -0.15) is 0 Å². The molecule has 1 heterocycles. The van der Waals surface area contributed by atoms with Crippen LogP contribution in [-0.4, -0.2) is 98.7 Å². The minimum atomic E-state index is -1.59. The number of likely N-dealkylation sites (tertiary alicyclic amines) is 1. The molecule has 1 aromatic rings. The summed E-state index contributed by atoms with van der Waals surface area (Å²) in [6, 6.07) is 1.73. The summed E-state index contributed by atoms with van der Waals surface area (Å²) in [5.41, 5.74) is -0.207. The Morgan fingerprint density at radius 2 is 1.87 bits per heavy atom. The molecule has 0 spiro atoms. The van der Waals surface area contributed by atoms with Crippen molar-refractivity contribution in [3.63, 3.8) is 0 Å². The Labute approximate surface area is 171 Å². The van der Waals surface area contributed by atoms with Crippen molar-refractivity contribution in [1.82, 2.24) is 10.2 Å². The fraction of sp³-hybridized carbons (Fsp3) is 0.471. The molecule has 1 fully saturated rings. The number of hydrogen-bond acceptors (Lipinski definition) is 9. The molecule has 0 saturated carbocycles. The first kappa shape index (κ1) is 23.4. The van der Waals surface area contributed by atoms with Gasteiger partial charge in [-0.25, -0.2) is 4.79 Å². The number of aromatic carboxylic acids is 1. The quantitative estimate of drug-likeness (QED) is 0.187. The molecule has 1 atom stereocenters. The Kier molecular flexibility index (Phi) is 8.00. The lowest BCUT2D eigenvalue weighted by atomic mass is 9.82. The molecule has 2 rings (SSSR count). The summed E-state index contributed by atoms with van der Waals surface area (Å²) in [5, 5.41) is 57.7. The summed E-state index contributed by atoms with van der Waals surface area (Å²) in [6.07, 6.45) is -0.465. The van der Waals surface area contributed by atoms with Gasteiger partial charge in [0.1, 0.15) is 29.2 Å². The first-order chi connectivity index (χ1) is 14.1. The van der Waals surface area contributed by atoms with E-state index in [0.717, 1.165) is 0 Å². The van der Waals surface area contributed by atoms with Crippen LogP contribution in [0.2, 0.25) is 6.32 Å². The van der Waals surface area contributed by atoms with Crippen molar-refractivity contribution >= 4 is 25.0 Å². The molecule has 1 aliphatic rings. The maximum absolute atomic E-state index is 11.6. The zero-order valence-electron chi connectivity index (χ0n) is 15.9. The van der Waals surface area contributed by atoms with Crippen LogP contribution in [0.1, 0.15) is 15.9 Å². The average Bonchev–Trinajstić information content (AvgIpc) is 2.60. The first-order valence-electron chi connectivity index (χ1n) is 9.09. The zero-order chi connectivity index (χ0) is 22.4. The maximum Gasteiger partial charge on any atom is 0.451 e. The molecule has 12 nitrogen and oxygen atoms in total. The van der Waals surface area contributed by atoms with Gasteiger partial charge in [0, 0.05) is 19.6 Å². The van der Waals surface area contributed by atoms with Crippen LogP contribution in [0.15, 0.2) is 12.1 Å². The minimum absolute atomic E-state index is 0.0436. The van der Waals surface area contributed by atoms with Crippen molar-refractivity contribution in [1.29, 1.82) is 0 Å². The minimum Gasteiger partial charge on any atom is -0.507 e. The Hall–Kier alpha value is -2.87. The second-order valence-corrected chi connectivity index (χ2v) is 6.89. The molecule has 13 heteroatoms. The number of aryl methyl sites for hydroxylation is 1. The monoisotopic (exact) mass is 426 g/mol. The first-order valence-corrected chi connectivity index (χ1v) is 9.09. The number of carboxylic acids is 3. The summed E-state index contributed by atoms with van der Waals surface area (Å²) in [6.45, 7) is 0.126. The Bertz CT molecular complexity index is 797. The lowest BCUT2D eigenvalue weighted by Gasteiger charge is -2.40. The van der Waals surface area contributed by atoms with E-state index in [1.807, 2.05) is 0 Å². The van der Waals surface area contributed by atoms with Crippen molar-refractivity contribution in [2.24, 2.45) is 0 Å². The Morgan fingerprint density at radius 3 is 2.40 bits per heavy atom. The zero-order valence-corrected chi connectivity index (χ0v) is 15.9. The highest BCUT2D eigenvalue weighted by Gasteiger charge is 2.33. The van der Waals surface area contributed by atoms with Crippen LogP contribution in [0.5, 0.6) is 11.5 Å². The van der Waals surface area contributed by atoms with E-state index in [0.29, 0.717) is 0 Å². The topological polar surface area (TPSA) is 197 Å². The van der Waals surface area contributed by atoms with Gasteiger partial charge in [-0.05, 0) is 24.4 Å². The van der Waals surface area contributed by atoms with Crippen molar-refractivity contribution in [2.75, 3.05) is 26.2 Å². The molecule has 0 aliphatic carbocycles. The lowest BCUT2D eigenvalue weighted by molar-refractivity contribution is -0.141. The molecule has 30 heavy (non-hydrogen) atoms. The molecule has 1 saturated heterocycles. The van der Waals surface area contributed by atoms with Crippen LogP contribution in [0, 0.1) is 0 Å². The molecule has 0 bridgehead atoms. The van der Waals surface area contributed by atoms with Gasteiger partial charge in [0.15, 0.2) is 0 Å². The smallest absolute Gasteiger partial charge is 0.451 e. The van der Waals surface area contributed by atoms with E-state index in [-0.39, 0.29) is 43.7 Å². The summed E-state index contributed by atoms with van der Waals surface area (Å²) in [4.78, 5) is 35.1. The van der Waals surface area contributed by atoms with Gasteiger partial charge in [-0.15, -0.1) is 0 Å². The number of ether oxygens (including phenoxy) is 1. The SMILES string of the molecule is O=C(O)CNC(CN1CC(Oc2ccc(CCB(O)O)c(O)c2C(=O)O)C1)C(=O)O. The van der Waals surface area contributed by atoms with Crippen LogP contribution in [-0.2, 0) is 16.0 Å². The highest BCUT2D eigenvalue weighted by Crippen LogP contribution is 2.33. The van der Waals surface area contributed by atoms with Gasteiger partial charge >= 0.3 is 25.0 Å². The largest absolute Gasteiger partial charge is 0.507 e. The Balaban J connectivity index is 1.98. The van der Waals surface area contributed by atoms with E-state index in [1.54, 1.807) is 4.90 Å². The van der Waals surface area contributed by atoms with E-state index in [4.69, 9.17) is 25.0 Å². The molecule has 7 N–H and O–H groups in total. The predicted molar refractivity (Wildman–Crippen MR) is 102 cm³/mol. The van der Waals surface area contributed by atoms with E-state index < -0.39 is 55.0 Å². The molecular formula is C17H23BN2O10. The molecule has 1 aliphatic heterocycles. The van der Waals surface area contributed by atoms with E-state index in [9.17, 15) is 24.6 Å². The summed E-state index contributed by atoms with van der Waals surface area (Å²) in [7, 11) is -1.59. The van der Waals surface area contributed by atoms with Gasteiger partial charge in [0.25, 0.3) is 0 Å². The van der Waals surface area contributed by atoms with Crippen LogP contribution >= 0.6 is 0 Å². The number of carbonyl (C=O) groups is 3. The highest BCUT2D eigenvalue weighted by molar-refractivity contribution is 6.41. The number of aromatic hydroxyl groups is 1. The highest BCUT2D eigenvalue weighted by atomic mass is 16.5. The molecule has 164 valence electrons. The molecule has 0 radical (unpaired) electrons. The third kappa shape index (κ3) is 6.32. The lowest BCUT2D eigenvalue weighted by Crippen LogP contribution is -2.59.